The Bertz CT molecular complexity index is 751. The van der Waals surface area contributed by atoms with Crippen LogP contribution in [0.3, 0.4) is 0 Å². The Labute approximate surface area is 138 Å². The Kier molecular flexibility index (Phi) is 5.49. The van der Waals surface area contributed by atoms with Crippen molar-refractivity contribution in [3.63, 3.8) is 0 Å². The molecule has 2 heterocycles. The quantitative estimate of drug-likeness (QED) is 0.875. The van der Waals surface area contributed by atoms with E-state index in [1.807, 2.05) is 0 Å². The first-order valence-electron chi connectivity index (χ1n) is 7.31. The molecule has 0 aliphatic heterocycles. The van der Waals surface area contributed by atoms with Gasteiger partial charge in [-0.3, -0.25) is 14.9 Å². The summed E-state index contributed by atoms with van der Waals surface area (Å²) in [6.07, 6.45) is 2.60. The molecular weight excluding hydrogens is 316 g/mol. The fourth-order valence-corrected chi connectivity index (χ4v) is 2.57. The van der Waals surface area contributed by atoms with Crippen LogP contribution in [0.1, 0.15) is 36.2 Å². The second-order valence-electron chi connectivity index (χ2n) is 5.59. The highest BCUT2D eigenvalue weighted by Gasteiger charge is 2.18. The molecule has 0 aliphatic carbocycles. The normalized spacial score (nSPS) is 10.8. The fraction of sp³-hybridized carbons (Fsp3) is 0.467. The fourth-order valence-electron chi connectivity index (χ4n) is 2.02. The summed E-state index contributed by atoms with van der Waals surface area (Å²) < 4.78 is 6.50. The highest BCUT2D eigenvalue weighted by Crippen LogP contribution is 2.22. The number of aromatic nitrogens is 3. The van der Waals surface area contributed by atoms with Crippen LogP contribution in [0.4, 0.5) is 5.13 Å². The van der Waals surface area contributed by atoms with Gasteiger partial charge in [-0.1, -0.05) is 18.9 Å². The molecule has 0 fully saturated rings. The van der Waals surface area contributed by atoms with E-state index >= 15 is 0 Å². The molecule has 2 aromatic heterocycles. The number of hydrogen-bond acceptors (Lipinski definition) is 6. The van der Waals surface area contributed by atoms with Crippen LogP contribution in [0, 0.1) is 12.8 Å². The summed E-state index contributed by atoms with van der Waals surface area (Å²) in [7, 11) is 1.47. The highest BCUT2D eigenvalue weighted by atomic mass is 32.1. The van der Waals surface area contributed by atoms with E-state index in [4.69, 9.17) is 4.74 Å². The van der Waals surface area contributed by atoms with Crippen molar-refractivity contribution in [3.8, 4) is 5.19 Å². The van der Waals surface area contributed by atoms with Gasteiger partial charge >= 0.3 is 0 Å². The summed E-state index contributed by atoms with van der Waals surface area (Å²) in [5.74, 6) is -0.000428. The van der Waals surface area contributed by atoms with E-state index < -0.39 is 5.91 Å². The zero-order valence-electron chi connectivity index (χ0n) is 13.6. The number of ether oxygens (including phenoxy) is 1. The number of nitrogens with one attached hydrogen (secondary N) is 1. The van der Waals surface area contributed by atoms with E-state index in [0.29, 0.717) is 28.4 Å². The largest absolute Gasteiger partial charge is 0.472 e. The topological polar surface area (TPSA) is 86.1 Å². The second kappa shape index (κ2) is 7.36. The first-order valence-corrected chi connectivity index (χ1v) is 8.13. The van der Waals surface area contributed by atoms with Crippen LogP contribution in [0.25, 0.3) is 0 Å². The molecule has 0 bridgehead atoms. The Morgan fingerprint density at radius 2 is 2.17 bits per heavy atom. The number of methoxy groups -OCH3 is 1. The Morgan fingerprint density at radius 1 is 1.43 bits per heavy atom. The second-order valence-corrected chi connectivity index (χ2v) is 6.53. The molecule has 0 atom stereocenters. The molecule has 0 aliphatic rings. The minimum Gasteiger partial charge on any atom is -0.472 e. The van der Waals surface area contributed by atoms with Gasteiger partial charge in [0, 0.05) is 12.7 Å². The van der Waals surface area contributed by atoms with Crippen LogP contribution >= 0.6 is 11.3 Å². The maximum atomic E-state index is 12.5. The van der Waals surface area contributed by atoms with Crippen LogP contribution in [-0.2, 0) is 6.54 Å². The summed E-state index contributed by atoms with van der Waals surface area (Å²) in [6, 6.07) is 1.78. The summed E-state index contributed by atoms with van der Waals surface area (Å²) in [4.78, 5) is 25.0. The number of nitrogens with zero attached hydrogens (tertiary/aromatic N) is 3. The number of rotatable bonds is 6. The molecule has 8 heteroatoms. The predicted molar refractivity (Wildman–Crippen MR) is 89.3 cm³/mol. The lowest BCUT2D eigenvalue weighted by atomic mass is 10.1. The lowest BCUT2D eigenvalue weighted by molar-refractivity contribution is 0.102. The van der Waals surface area contributed by atoms with Gasteiger partial charge in [0.15, 0.2) is 0 Å². The van der Waals surface area contributed by atoms with Gasteiger partial charge in [-0.25, -0.2) is 0 Å². The van der Waals surface area contributed by atoms with Gasteiger partial charge in [-0.05, 0) is 42.2 Å². The van der Waals surface area contributed by atoms with Crippen LogP contribution in [0.2, 0.25) is 0 Å². The van der Waals surface area contributed by atoms with Gasteiger partial charge in [-0.15, -0.1) is 5.10 Å². The van der Waals surface area contributed by atoms with Crippen molar-refractivity contribution in [1.29, 1.82) is 0 Å². The number of anilines is 1. The van der Waals surface area contributed by atoms with Gasteiger partial charge in [0.05, 0.1) is 7.11 Å². The Hall–Kier alpha value is -2.22. The monoisotopic (exact) mass is 336 g/mol. The number of pyridine rings is 1. The van der Waals surface area contributed by atoms with E-state index in [-0.39, 0.29) is 11.1 Å². The summed E-state index contributed by atoms with van der Waals surface area (Å²) >= 11 is 1.10. The van der Waals surface area contributed by atoms with Crippen molar-refractivity contribution in [3.05, 3.63) is 33.7 Å². The first kappa shape index (κ1) is 17.1. The van der Waals surface area contributed by atoms with Crippen molar-refractivity contribution in [1.82, 2.24) is 14.8 Å². The van der Waals surface area contributed by atoms with Crippen molar-refractivity contribution in [2.75, 3.05) is 12.4 Å². The molecule has 0 radical (unpaired) electrons. The van der Waals surface area contributed by atoms with Gasteiger partial charge in [-0.2, -0.15) is 0 Å². The summed E-state index contributed by atoms with van der Waals surface area (Å²) in [6.45, 7) is 6.51. The number of amides is 1. The third-order valence-corrected chi connectivity index (χ3v) is 4.15. The van der Waals surface area contributed by atoms with Gasteiger partial charge in [0.2, 0.25) is 5.13 Å². The maximum Gasteiger partial charge on any atom is 0.295 e. The molecule has 2 aromatic rings. The first-order chi connectivity index (χ1) is 10.9. The molecule has 1 N–H and O–H groups in total. The molecule has 0 unspecified atom stereocenters. The van der Waals surface area contributed by atoms with Crippen LogP contribution in [0.15, 0.2) is 17.1 Å². The zero-order valence-corrected chi connectivity index (χ0v) is 14.4. The molecule has 0 saturated carbocycles. The molecule has 23 heavy (non-hydrogen) atoms. The van der Waals surface area contributed by atoms with Gasteiger partial charge < -0.3 is 9.30 Å². The standard InChI is InChI=1S/C15H20N4O3S/c1-9(2)5-7-19-8-6-10(3)11(13(19)21)12(20)16-14-17-18-15(22-4)23-14/h6,8-9H,5,7H2,1-4H3,(H,16,17,20). The average Bonchev–Trinajstić information content (AvgIpc) is 2.94. The smallest absolute Gasteiger partial charge is 0.295 e. The van der Waals surface area contributed by atoms with Crippen LogP contribution in [0.5, 0.6) is 5.19 Å². The van der Waals surface area contributed by atoms with Crippen LogP contribution in [-0.4, -0.2) is 27.8 Å². The van der Waals surface area contributed by atoms with E-state index in [1.54, 1.807) is 23.8 Å². The number of aryl methyl sites for hydroxylation is 2. The highest BCUT2D eigenvalue weighted by molar-refractivity contribution is 7.17. The molecule has 0 aromatic carbocycles. The van der Waals surface area contributed by atoms with E-state index in [2.05, 4.69) is 29.4 Å². The average molecular weight is 336 g/mol. The Morgan fingerprint density at radius 3 is 2.78 bits per heavy atom. The Balaban J connectivity index is 2.24. The van der Waals surface area contributed by atoms with E-state index in [1.165, 1.54) is 7.11 Å². The number of carbonyl (C=O) groups excluding carboxylic acids is 1. The van der Waals surface area contributed by atoms with Crippen molar-refractivity contribution >= 4 is 22.4 Å². The SMILES string of the molecule is COc1nnc(NC(=O)c2c(C)ccn(CCC(C)C)c2=O)s1. The predicted octanol–water partition coefficient (Wildman–Crippen LogP) is 2.32. The van der Waals surface area contributed by atoms with E-state index in [0.717, 1.165) is 17.8 Å². The van der Waals surface area contributed by atoms with Gasteiger partial charge in [0.1, 0.15) is 5.56 Å². The molecule has 0 spiro atoms. The van der Waals surface area contributed by atoms with Crippen molar-refractivity contribution in [2.45, 2.75) is 33.7 Å². The molecule has 7 nitrogen and oxygen atoms in total. The molecule has 124 valence electrons. The van der Waals surface area contributed by atoms with Crippen molar-refractivity contribution in [2.24, 2.45) is 5.92 Å². The summed E-state index contributed by atoms with van der Waals surface area (Å²) in [5.41, 5.74) is 0.467. The third kappa shape index (κ3) is 4.16. The minimum atomic E-state index is -0.481. The number of hydrogen-bond donors (Lipinski definition) is 1. The molecule has 0 saturated heterocycles. The molecule has 1 amide bonds. The third-order valence-electron chi connectivity index (χ3n) is 3.35. The molecule has 2 rings (SSSR count). The maximum absolute atomic E-state index is 12.5. The van der Waals surface area contributed by atoms with E-state index in [9.17, 15) is 9.59 Å². The lowest BCUT2D eigenvalue weighted by Crippen LogP contribution is -2.30. The van der Waals surface area contributed by atoms with Crippen molar-refractivity contribution < 1.29 is 9.53 Å². The van der Waals surface area contributed by atoms with Crippen LogP contribution < -0.4 is 15.6 Å². The minimum absolute atomic E-state index is 0.130. The zero-order chi connectivity index (χ0) is 17.0. The number of carbonyl (C=O) groups is 1. The summed E-state index contributed by atoms with van der Waals surface area (Å²) in [5, 5.41) is 10.8. The van der Waals surface area contributed by atoms with Gasteiger partial charge in [0.25, 0.3) is 16.7 Å². The lowest BCUT2D eigenvalue weighted by Gasteiger charge is -2.11. The molecular formula is C15H20N4O3S.